The maximum atomic E-state index is 12.9. The number of anilines is 1. The molecular formula is C14H20BrClN2O2S. The Bertz CT molecular complexity index is 645. The second-order valence-corrected chi connectivity index (χ2v) is 8.74. The van der Waals surface area contributed by atoms with E-state index in [0.717, 1.165) is 19.3 Å². The van der Waals surface area contributed by atoms with Crippen LogP contribution in [0.4, 0.5) is 5.69 Å². The van der Waals surface area contributed by atoms with Crippen LogP contribution >= 0.6 is 27.5 Å². The SMILES string of the molecule is CCC1(CC)CCN(S(=O)(=O)c2cc(Cl)cc(N)c2Br)C1. The molecule has 1 aromatic rings. The van der Waals surface area contributed by atoms with Crippen molar-refractivity contribution in [2.24, 2.45) is 5.41 Å². The minimum Gasteiger partial charge on any atom is -0.398 e. The number of halogens is 2. The van der Waals surface area contributed by atoms with E-state index in [0.29, 0.717) is 28.3 Å². The molecule has 1 aliphatic heterocycles. The summed E-state index contributed by atoms with van der Waals surface area (Å²) in [5, 5.41) is 0.325. The quantitative estimate of drug-likeness (QED) is 0.787. The molecule has 2 N–H and O–H groups in total. The summed E-state index contributed by atoms with van der Waals surface area (Å²) in [4.78, 5) is 0.149. The zero-order chi connectivity index (χ0) is 15.8. The van der Waals surface area contributed by atoms with Crippen LogP contribution in [0.5, 0.6) is 0 Å². The van der Waals surface area contributed by atoms with Crippen molar-refractivity contribution < 1.29 is 8.42 Å². The first kappa shape index (κ1) is 17.1. The Balaban J connectivity index is 2.41. The molecule has 7 heteroatoms. The summed E-state index contributed by atoms with van der Waals surface area (Å²) in [7, 11) is -3.58. The van der Waals surface area contributed by atoms with Crippen molar-refractivity contribution in [1.29, 1.82) is 0 Å². The zero-order valence-electron chi connectivity index (χ0n) is 12.2. The summed E-state index contributed by atoms with van der Waals surface area (Å²) < 4.78 is 27.7. The molecular weight excluding hydrogens is 376 g/mol. The summed E-state index contributed by atoms with van der Waals surface area (Å²) in [5.41, 5.74) is 6.23. The molecule has 0 atom stereocenters. The van der Waals surface area contributed by atoms with Gasteiger partial charge in [0.1, 0.15) is 0 Å². The third-order valence-corrected chi connectivity index (χ3v) is 7.79. The molecule has 0 aliphatic carbocycles. The Morgan fingerprint density at radius 3 is 2.52 bits per heavy atom. The van der Waals surface area contributed by atoms with Crippen molar-refractivity contribution in [1.82, 2.24) is 4.31 Å². The van der Waals surface area contributed by atoms with Crippen molar-refractivity contribution in [2.45, 2.75) is 38.0 Å². The first-order valence-corrected chi connectivity index (χ1v) is 9.61. The van der Waals surface area contributed by atoms with Crippen molar-refractivity contribution >= 4 is 43.2 Å². The van der Waals surface area contributed by atoms with E-state index in [2.05, 4.69) is 29.8 Å². The molecule has 0 bridgehead atoms. The number of hydrogen-bond acceptors (Lipinski definition) is 3. The highest BCUT2D eigenvalue weighted by atomic mass is 79.9. The van der Waals surface area contributed by atoms with Crippen LogP contribution in [-0.2, 0) is 10.0 Å². The maximum Gasteiger partial charge on any atom is 0.244 e. The maximum absolute atomic E-state index is 12.9. The minimum absolute atomic E-state index is 0.0870. The summed E-state index contributed by atoms with van der Waals surface area (Å²) in [5.74, 6) is 0. The number of rotatable bonds is 4. The molecule has 0 spiro atoms. The lowest BCUT2D eigenvalue weighted by atomic mass is 9.82. The van der Waals surface area contributed by atoms with E-state index in [1.807, 2.05) is 0 Å². The molecule has 118 valence electrons. The van der Waals surface area contributed by atoms with Gasteiger partial charge < -0.3 is 5.73 Å². The lowest BCUT2D eigenvalue weighted by molar-refractivity contribution is 0.279. The summed E-state index contributed by atoms with van der Waals surface area (Å²) in [6.07, 6.45) is 2.86. The second-order valence-electron chi connectivity index (χ2n) is 5.60. The fourth-order valence-electron chi connectivity index (χ4n) is 2.84. The smallest absolute Gasteiger partial charge is 0.244 e. The van der Waals surface area contributed by atoms with E-state index < -0.39 is 10.0 Å². The Labute approximate surface area is 139 Å². The van der Waals surface area contributed by atoms with Crippen molar-refractivity contribution in [3.8, 4) is 0 Å². The standard InChI is InChI=1S/C14H20BrClN2O2S/c1-3-14(4-2)5-6-18(9-14)21(19,20)12-8-10(16)7-11(17)13(12)15/h7-8H,3-6,9,17H2,1-2H3. The number of benzene rings is 1. The van der Waals surface area contributed by atoms with E-state index >= 15 is 0 Å². The van der Waals surface area contributed by atoms with Crippen LogP contribution in [0.15, 0.2) is 21.5 Å². The van der Waals surface area contributed by atoms with Gasteiger partial charge in [-0.2, -0.15) is 4.31 Å². The van der Waals surface area contributed by atoms with Gasteiger partial charge in [0.2, 0.25) is 10.0 Å². The van der Waals surface area contributed by atoms with E-state index in [-0.39, 0.29) is 10.3 Å². The van der Waals surface area contributed by atoms with Crippen LogP contribution in [0, 0.1) is 5.41 Å². The number of nitrogens with zero attached hydrogens (tertiary/aromatic N) is 1. The highest BCUT2D eigenvalue weighted by Crippen LogP contribution is 2.41. The lowest BCUT2D eigenvalue weighted by Gasteiger charge is -2.26. The lowest BCUT2D eigenvalue weighted by Crippen LogP contribution is -2.32. The second kappa shape index (κ2) is 6.07. The van der Waals surface area contributed by atoms with Crippen LogP contribution < -0.4 is 5.73 Å². The van der Waals surface area contributed by atoms with Gasteiger partial charge >= 0.3 is 0 Å². The van der Waals surface area contributed by atoms with Gasteiger partial charge in [-0.25, -0.2) is 8.42 Å². The molecule has 1 heterocycles. The molecule has 1 saturated heterocycles. The number of sulfonamides is 1. The number of nitrogen functional groups attached to an aromatic ring is 1. The minimum atomic E-state index is -3.58. The normalized spacial score (nSPS) is 19.0. The number of hydrogen-bond donors (Lipinski definition) is 1. The predicted octanol–water partition coefficient (Wildman–Crippen LogP) is 3.89. The van der Waals surface area contributed by atoms with Gasteiger partial charge in [-0.3, -0.25) is 0 Å². The molecule has 0 amide bonds. The Morgan fingerprint density at radius 1 is 1.38 bits per heavy atom. The van der Waals surface area contributed by atoms with E-state index in [4.69, 9.17) is 17.3 Å². The third-order valence-electron chi connectivity index (χ3n) is 4.55. The topological polar surface area (TPSA) is 63.4 Å². The van der Waals surface area contributed by atoms with Gasteiger partial charge in [0.25, 0.3) is 0 Å². The van der Waals surface area contributed by atoms with E-state index in [1.165, 1.54) is 12.1 Å². The van der Waals surface area contributed by atoms with Crippen molar-refractivity contribution in [2.75, 3.05) is 18.8 Å². The summed E-state index contributed by atoms with van der Waals surface area (Å²) in [6, 6.07) is 2.99. The molecule has 4 nitrogen and oxygen atoms in total. The van der Waals surface area contributed by atoms with Gasteiger partial charge in [-0.1, -0.05) is 25.4 Å². The molecule has 1 aromatic carbocycles. The van der Waals surface area contributed by atoms with E-state index in [9.17, 15) is 8.42 Å². The van der Waals surface area contributed by atoms with Crippen LogP contribution in [0.3, 0.4) is 0 Å². The van der Waals surface area contributed by atoms with Gasteiger partial charge in [0.05, 0.1) is 9.37 Å². The molecule has 21 heavy (non-hydrogen) atoms. The van der Waals surface area contributed by atoms with Gasteiger partial charge in [-0.05, 0) is 52.7 Å². The molecule has 0 aromatic heterocycles. The first-order valence-electron chi connectivity index (χ1n) is 7.00. The molecule has 0 saturated carbocycles. The molecule has 2 rings (SSSR count). The van der Waals surface area contributed by atoms with Crippen molar-refractivity contribution in [3.05, 3.63) is 21.6 Å². The van der Waals surface area contributed by atoms with E-state index in [1.54, 1.807) is 4.31 Å². The van der Waals surface area contributed by atoms with Gasteiger partial charge in [0.15, 0.2) is 0 Å². The van der Waals surface area contributed by atoms with Crippen LogP contribution in [-0.4, -0.2) is 25.8 Å². The third kappa shape index (κ3) is 3.09. The Hall–Kier alpha value is -0.300. The predicted molar refractivity (Wildman–Crippen MR) is 90.0 cm³/mol. The highest BCUT2D eigenvalue weighted by molar-refractivity contribution is 9.10. The fraction of sp³-hybridized carbons (Fsp3) is 0.571. The van der Waals surface area contributed by atoms with Crippen LogP contribution in [0.2, 0.25) is 5.02 Å². The van der Waals surface area contributed by atoms with Gasteiger partial charge in [-0.15, -0.1) is 0 Å². The average Bonchev–Trinajstić information content (AvgIpc) is 2.88. The summed E-state index contributed by atoms with van der Waals surface area (Å²) in [6.45, 7) is 5.34. The van der Waals surface area contributed by atoms with Gasteiger partial charge in [0, 0.05) is 23.8 Å². The monoisotopic (exact) mass is 394 g/mol. The first-order chi connectivity index (χ1) is 9.75. The zero-order valence-corrected chi connectivity index (χ0v) is 15.4. The molecule has 1 aliphatic rings. The van der Waals surface area contributed by atoms with Crippen LogP contribution in [0.1, 0.15) is 33.1 Å². The number of nitrogens with two attached hydrogens (primary N) is 1. The average molecular weight is 396 g/mol. The molecule has 0 radical (unpaired) electrons. The molecule has 1 fully saturated rings. The van der Waals surface area contributed by atoms with Crippen LogP contribution in [0.25, 0.3) is 0 Å². The fourth-order valence-corrected chi connectivity index (χ4v) is 5.65. The Kier molecular flexibility index (Phi) is 4.93. The van der Waals surface area contributed by atoms with Crippen molar-refractivity contribution in [3.63, 3.8) is 0 Å². The largest absolute Gasteiger partial charge is 0.398 e. The molecule has 0 unspecified atom stereocenters. The summed E-state index contributed by atoms with van der Waals surface area (Å²) >= 11 is 9.23. The Morgan fingerprint density at radius 2 is 2.00 bits per heavy atom. The highest BCUT2D eigenvalue weighted by Gasteiger charge is 2.41.